The van der Waals surface area contributed by atoms with Gasteiger partial charge in [0.05, 0.1) is 6.54 Å². The number of aryl methyl sites for hydroxylation is 2. The number of ether oxygens (including phenoxy) is 1. The number of nitrogens with zero attached hydrogens (tertiary/aromatic N) is 2. The standard InChI is InChI=1S/C15H21N3OS/c1-9(2)16-8-13-17-18-15(20-13)19-14-11(4)7-6-10(3)12(14)5/h6-7,9,16H,8H2,1-5H3. The topological polar surface area (TPSA) is 47.0 Å². The van der Waals surface area contributed by atoms with Gasteiger partial charge < -0.3 is 10.1 Å². The fraction of sp³-hybridized carbons (Fsp3) is 0.467. The number of aromatic nitrogens is 2. The van der Waals surface area contributed by atoms with Crippen LogP contribution in [0.1, 0.15) is 35.5 Å². The van der Waals surface area contributed by atoms with Crippen molar-refractivity contribution in [3.05, 3.63) is 33.8 Å². The summed E-state index contributed by atoms with van der Waals surface area (Å²) in [6, 6.07) is 4.61. The van der Waals surface area contributed by atoms with E-state index in [9.17, 15) is 0 Å². The molecule has 5 heteroatoms. The lowest BCUT2D eigenvalue weighted by Crippen LogP contribution is -2.21. The predicted molar refractivity (Wildman–Crippen MR) is 82.6 cm³/mol. The van der Waals surface area contributed by atoms with Crippen LogP contribution >= 0.6 is 11.3 Å². The zero-order valence-electron chi connectivity index (χ0n) is 12.7. The Labute approximate surface area is 124 Å². The molecule has 0 aliphatic carbocycles. The highest BCUT2D eigenvalue weighted by Crippen LogP contribution is 2.32. The third-order valence-electron chi connectivity index (χ3n) is 3.17. The summed E-state index contributed by atoms with van der Waals surface area (Å²) in [7, 11) is 0. The van der Waals surface area contributed by atoms with Gasteiger partial charge in [-0.3, -0.25) is 0 Å². The smallest absolute Gasteiger partial charge is 0.299 e. The third kappa shape index (κ3) is 3.55. The van der Waals surface area contributed by atoms with Gasteiger partial charge in [0.2, 0.25) is 0 Å². The Kier molecular flexibility index (Phi) is 4.73. The Balaban J connectivity index is 2.13. The molecule has 20 heavy (non-hydrogen) atoms. The molecular weight excluding hydrogens is 270 g/mol. The lowest BCUT2D eigenvalue weighted by molar-refractivity contribution is 0.465. The van der Waals surface area contributed by atoms with Crippen LogP contribution in [-0.4, -0.2) is 16.2 Å². The van der Waals surface area contributed by atoms with Crippen molar-refractivity contribution >= 4 is 11.3 Å². The zero-order valence-corrected chi connectivity index (χ0v) is 13.5. The van der Waals surface area contributed by atoms with Gasteiger partial charge in [-0.25, -0.2) is 0 Å². The van der Waals surface area contributed by atoms with Crippen LogP contribution in [0.5, 0.6) is 10.9 Å². The van der Waals surface area contributed by atoms with Gasteiger partial charge in [-0.1, -0.05) is 42.4 Å². The van der Waals surface area contributed by atoms with Crippen molar-refractivity contribution in [2.45, 2.75) is 47.2 Å². The minimum absolute atomic E-state index is 0.435. The molecule has 0 aliphatic rings. The summed E-state index contributed by atoms with van der Waals surface area (Å²) in [5.74, 6) is 0.893. The van der Waals surface area contributed by atoms with E-state index in [4.69, 9.17) is 4.74 Å². The second-order valence-electron chi connectivity index (χ2n) is 5.25. The van der Waals surface area contributed by atoms with E-state index in [-0.39, 0.29) is 0 Å². The number of rotatable bonds is 5. The van der Waals surface area contributed by atoms with Gasteiger partial charge in [-0.15, -0.1) is 5.10 Å². The summed E-state index contributed by atoms with van der Waals surface area (Å²) >= 11 is 1.49. The lowest BCUT2D eigenvalue weighted by atomic mass is 10.1. The highest BCUT2D eigenvalue weighted by molar-refractivity contribution is 7.13. The van der Waals surface area contributed by atoms with Crippen LogP contribution in [0.3, 0.4) is 0 Å². The highest BCUT2D eigenvalue weighted by atomic mass is 32.1. The Morgan fingerprint density at radius 2 is 1.85 bits per heavy atom. The zero-order chi connectivity index (χ0) is 14.7. The first-order valence-electron chi connectivity index (χ1n) is 6.77. The van der Waals surface area contributed by atoms with Crippen LogP contribution in [0.15, 0.2) is 12.1 Å². The van der Waals surface area contributed by atoms with Crippen LogP contribution in [-0.2, 0) is 6.54 Å². The average molecular weight is 291 g/mol. The third-order valence-corrected chi connectivity index (χ3v) is 3.97. The average Bonchev–Trinajstić information content (AvgIpc) is 2.85. The molecule has 1 aromatic heterocycles. The molecule has 1 aromatic carbocycles. The molecular formula is C15H21N3OS. The van der Waals surface area contributed by atoms with Gasteiger partial charge in [0.25, 0.3) is 5.19 Å². The largest absolute Gasteiger partial charge is 0.429 e. The van der Waals surface area contributed by atoms with E-state index in [1.807, 2.05) is 6.92 Å². The van der Waals surface area contributed by atoms with Gasteiger partial charge in [-0.2, -0.15) is 0 Å². The molecule has 0 radical (unpaired) electrons. The molecule has 0 bridgehead atoms. The minimum atomic E-state index is 0.435. The second-order valence-corrected chi connectivity index (χ2v) is 6.28. The van der Waals surface area contributed by atoms with Crippen molar-refractivity contribution in [2.24, 2.45) is 0 Å². The summed E-state index contributed by atoms with van der Waals surface area (Å²) in [5.41, 5.74) is 3.49. The van der Waals surface area contributed by atoms with Crippen LogP contribution in [0.4, 0.5) is 0 Å². The number of nitrogens with one attached hydrogen (secondary N) is 1. The number of benzene rings is 1. The Hall–Kier alpha value is -1.46. The number of hydrogen-bond acceptors (Lipinski definition) is 5. The first-order valence-corrected chi connectivity index (χ1v) is 7.59. The van der Waals surface area contributed by atoms with E-state index in [1.54, 1.807) is 0 Å². The van der Waals surface area contributed by atoms with E-state index in [0.717, 1.165) is 28.4 Å². The molecule has 0 unspecified atom stereocenters. The van der Waals surface area contributed by atoms with Gasteiger partial charge >= 0.3 is 0 Å². The molecule has 2 rings (SSSR count). The summed E-state index contributed by atoms with van der Waals surface area (Å²) in [5, 5.41) is 13.1. The molecule has 0 saturated heterocycles. The van der Waals surface area contributed by atoms with E-state index >= 15 is 0 Å². The van der Waals surface area contributed by atoms with E-state index in [2.05, 4.69) is 55.3 Å². The summed E-state index contributed by atoms with van der Waals surface area (Å²) in [6.07, 6.45) is 0. The number of hydrogen-bond donors (Lipinski definition) is 1. The molecule has 4 nitrogen and oxygen atoms in total. The maximum atomic E-state index is 5.93. The minimum Gasteiger partial charge on any atom is -0.429 e. The van der Waals surface area contributed by atoms with Crippen LogP contribution < -0.4 is 10.1 Å². The monoisotopic (exact) mass is 291 g/mol. The Bertz CT molecular complexity index is 593. The van der Waals surface area contributed by atoms with E-state index < -0.39 is 0 Å². The Morgan fingerprint density at radius 3 is 2.55 bits per heavy atom. The quantitative estimate of drug-likeness (QED) is 0.911. The van der Waals surface area contributed by atoms with Crippen LogP contribution in [0, 0.1) is 20.8 Å². The fourth-order valence-electron chi connectivity index (χ4n) is 1.81. The van der Waals surface area contributed by atoms with E-state index in [1.165, 1.54) is 16.9 Å². The van der Waals surface area contributed by atoms with Crippen molar-refractivity contribution in [3.8, 4) is 10.9 Å². The maximum Gasteiger partial charge on any atom is 0.299 e. The molecule has 1 N–H and O–H groups in total. The first kappa shape index (κ1) is 14.9. The van der Waals surface area contributed by atoms with Crippen LogP contribution in [0.25, 0.3) is 0 Å². The molecule has 1 heterocycles. The molecule has 108 valence electrons. The lowest BCUT2D eigenvalue weighted by Gasteiger charge is -2.10. The van der Waals surface area contributed by atoms with Crippen molar-refractivity contribution in [2.75, 3.05) is 0 Å². The molecule has 0 spiro atoms. The van der Waals surface area contributed by atoms with Crippen molar-refractivity contribution in [1.29, 1.82) is 0 Å². The van der Waals surface area contributed by atoms with Crippen molar-refractivity contribution in [3.63, 3.8) is 0 Å². The molecule has 0 atom stereocenters. The molecule has 0 fully saturated rings. The van der Waals surface area contributed by atoms with Gasteiger partial charge in [-0.05, 0) is 37.5 Å². The van der Waals surface area contributed by atoms with Gasteiger partial charge in [0.15, 0.2) is 0 Å². The van der Waals surface area contributed by atoms with Crippen molar-refractivity contribution in [1.82, 2.24) is 15.5 Å². The maximum absolute atomic E-state index is 5.93. The van der Waals surface area contributed by atoms with Crippen molar-refractivity contribution < 1.29 is 4.74 Å². The van der Waals surface area contributed by atoms with Gasteiger partial charge in [0, 0.05) is 6.04 Å². The highest BCUT2D eigenvalue weighted by Gasteiger charge is 2.11. The Morgan fingerprint density at radius 1 is 1.15 bits per heavy atom. The summed E-state index contributed by atoms with van der Waals surface area (Å²) in [6.45, 7) is 11.1. The first-order chi connectivity index (χ1) is 9.47. The molecule has 2 aromatic rings. The summed E-state index contributed by atoms with van der Waals surface area (Å²) < 4.78 is 5.93. The fourth-order valence-corrected chi connectivity index (χ4v) is 2.46. The second kappa shape index (κ2) is 6.33. The molecule has 0 aliphatic heterocycles. The van der Waals surface area contributed by atoms with Gasteiger partial charge in [0.1, 0.15) is 10.8 Å². The predicted octanol–water partition coefficient (Wildman–Crippen LogP) is 3.75. The normalized spacial score (nSPS) is 11.1. The SMILES string of the molecule is Cc1ccc(C)c(Oc2nnc(CNC(C)C)s2)c1C. The van der Waals surface area contributed by atoms with Crippen LogP contribution in [0.2, 0.25) is 0 Å². The molecule has 0 amide bonds. The van der Waals surface area contributed by atoms with E-state index in [0.29, 0.717) is 11.2 Å². The summed E-state index contributed by atoms with van der Waals surface area (Å²) in [4.78, 5) is 0. The molecule has 0 saturated carbocycles.